The van der Waals surface area contributed by atoms with Crippen LogP contribution >= 0.6 is 0 Å². The number of aliphatic hydroxyl groups is 1. The van der Waals surface area contributed by atoms with E-state index >= 15 is 0 Å². The van der Waals surface area contributed by atoms with Crippen LogP contribution in [0.3, 0.4) is 0 Å². The van der Waals surface area contributed by atoms with Gasteiger partial charge in [-0.05, 0) is 17.7 Å². The fourth-order valence-corrected chi connectivity index (χ4v) is 1.32. The summed E-state index contributed by atoms with van der Waals surface area (Å²) in [6, 6.07) is 3.77. The van der Waals surface area contributed by atoms with Gasteiger partial charge in [-0.15, -0.1) is 0 Å². The molecule has 1 rings (SSSR count). The number of alkyl halides is 2. The number of hydrogen-bond donors (Lipinski definition) is 2. The van der Waals surface area contributed by atoms with Crippen LogP contribution in [-0.2, 0) is 4.74 Å². The summed E-state index contributed by atoms with van der Waals surface area (Å²) in [6.45, 7) is -1.35. The molecule has 0 aromatic heterocycles. The zero-order chi connectivity index (χ0) is 13.1. The predicted octanol–water partition coefficient (Wildman–Crippen LogP) is 1.10. The molecule has 3 N–H and O–H groups in total. The molecule has 0 amide bonds. The van der Waals surface area contributed by atoms with E-state index in [0.717, 1.165) is 0 Å². The van der Waals surface area contributed by atoms with Crippen molar-refractivity contribution >= 4 is 5.97 Å². The zero-order valence-corrected chi connectivity index (χ0v) is 9.19. The van der Waals surface area contributed by atoms with E-state index in [9.17, 15) is 13.6 Å². The third-order valence-corrected chi connectivity index (χ3v) is 2.33. The van der Waals surface area contributed by atoms with Crippen molar-refractivity contribution in [3.63, 3.8) is 0 Å². The Morgan fingerprint density at radius 1 is 1.59 bits per heavy atom. The molecule has 1 aromatic carbocycles. The number of rotatable bonds is 4. The molecule has 94 valence electrons. The van der Waals surface area contributed by atoms with E-state index in [4.69, 9.17) is 10.8 Å². The molecule has 6 heteroatoms. The molecule has 0 unspecified atom stereocenters. The number of ether oxygens (including phenoxy) is 1. The molecule has 4 nitrogen and oxygen atoms in total. The zero-order valence-electron chi connectivity index (χ0n) is 9.19. The molecule has 0 radical (unpaired) electrons. The van der Waals surface area contributed by atoms with Crippen LogP contribution in [0, 0.1) is 0 Å². The number of halogens is 2. The van der Waals surface area contributed by atoms with Crippen LogP contribution < -0.4 is 5.73 Å². The minimum absolute atomic E-state index is 0.0620. The SMILES string of the molecule is COC(=O)c1cccc([C@@H](N)C(F)(F)CO)c1. The Bertz CT molecular complexity index is 409. The van der Waals surface area contributed by atoms with E-state index in [1.165, 1.54) is 31.4 Å². The van der Waals surface area contributed by atoms with Crippen LogP contribution in [0.25, 0.3) is 0 Å². The Hall–Kier alpha value is -1.53. The Labute approximate surface area is 97.0 Å². The Kier molecular flexibility index (Phi) is 4.14. The Morgan fingerprint density at radius 3 is 2.76 bits per heavy atom. The molecule has 0 fully saturated rings. The highest BCUT2D eigenvalue weighted by molar-refractivity contribution is 5.89. The second kappa shape index (κ2) is 5.20. The first-order valence-corrected chi connectivity index (χ1v) is 4.85. The first-order chi connectivity index (χ1) is 7.92. The summed E-state index contributed by atoms with van der Waals surface area (Å²) in [7, 11) is 1.19. The Morgan fingerprint density at radius 2 is 2.24 bits per heavy atom. The maximum Gasteiger partial charge on any atom is 0.337 e. The van der Waals surface area contributed by atoms with Gasteiger partial charge in [-0.3, -0.25) is 0 Å². The van der Waals surface area contributed by atoms with Crippen molar-refractivity contribution in [1.29, 1.82) is 0 Å². The maximum atomic E-state index is 13.2. The van der Waals surface area contributed by atoms with Crippen LogP contribution in [-0.4, -0.2) is 30.7 Å². The molecule has 0 aliphatic heterocycles. The standard InChI is InChI=1S/C11H13F2NO3/c1-17-10(16)8-4-2-3-7(5-8)9(14)11(12,13)6-15/h2-5,9,15H,6,14H2,1H3/t9-/m1/s1. The lowest BCUT2D eigenvalue weighted by Crippen LogP contribution is -2.36. The highest BCUT2D eigenvalue weighted by Gasteiger charge is 2.37. The fourth-order valence-electron chi connectivity index (χ4n) is 1.32. The van der Waals surface area contributed by atoms with Crippen LogP contribution in [0.2, 0.25) is 0 Å². The second-order valence-corrected chi connectivity index (χ2v) is 3.51. The quantitative estimate of drug-likeness (QED) is 0.779. The lowest BCUT2D eigenvalue weighted by atomic mass is 10.00. The summed E-state index contributed by atoms with van der Waals surface area (Å²) in [5.74, 6) is -4.07. The third-order valence-electron chi connectivity index (χ3n) is 2.33. The van der Waals surface area contributed by atoms with Gasteiger partial charge in [-0.2, -0.15) is 0 Å². The van der Waals surface area contributed by atoms with Gasteiger partial charge in [0.1, 0.15) is 6.61 Å². The van der Waals surface area contributed by atoms with Crippen molar-refractivity contribution in [3.05, 3.63) is 35.4 Å². The number of esters is 1. The van der Waals surface area contributed by atoms with E-state index in [1.54, 1.807) is 0 Å². The van der Waals surface area contributed by atoms with Gasteiger partial charge in [0.25, 0.3) is 5.92 Å². The van der Waals surface area contributed by atoms with E-state index in [1.807, 2.05) is 0 Å². The number of methoxy groups -OCH3 is 1. The first kappa shape index (κ1) is 13.5. The van der Waals surface area contributed by atoms with Gasteiger partial charge in [0.15, 0.2) is 0 Å². The molecule has 0 heterocycles. The number of carbonyl (C=O) groups is 1. The van der Waals surface area contributed by atoms with Crippen LogP contribution in [0.4, 0.5) is 8.78 Å². The average molecular weight is 245 g/mol. The van der Waals surface area contributed by atoms with Crippen molar-refractivity contribution in [1.82, 2.24) is 0 Å². The van der Waals surface area contributed by atoms with Gasteiger partial charge < -0.3 is 15.6 Å². The number of carbonyl (C=O) groups excluding carboxylic acids is 1. The van der Waals surface area contributed by atoms with Gasteiger partial charge >= 0.3 is 5.97 Å². The Balaban J connectivity index is 3.03. The molecular formula is C11H13F2NO3. The van der Waals surface area contributed by atoms with Crippen molar-refractivity contribution in [2.24, 2.45) is 5.73 Å². The van der Waals surface area contributed by atoms with Crippen LogP contribution in [0.5, 0.6) is 0 Å². The molecule has 1 aromatic rings. The van der Waals surface area contributed by atoms with E-state index in [2.05, 4.69) is 4.74 Å². The summed E-state index contributed by atoms with van der Waals surface area (Å²) >= 11 is 0. The van der Waals surface area contributed by atoms with Gasteiger partial charge in [0, 0.05) is 0 Å². The molecule has 17 heavy (non-hydrogen) atoms. The predicted molar refractivity (Wildman–Crippen MR) is 56.7 cm³/mol. The summed E-state index contributed by atoms with van der Waals surface area (Å²) in [6.07, 6.45) is 0. The summed E-state index contributed by atoms with van der Waals surface area (Å²) in [4.78, 5) is 11.2. The average Bonchev–Trinajstić information content (AvgIpc) is 2.36. The molecule has 0 bridgehead atoms. The maximum absolute atomic E-state index is 13.2. The number of hydrogen-bond acceptors (Lipinski definition) is 4. The number of aliphatic hydroxyl groups excluding tert-OH is 1. The van der Waals surface area contributed by atoms with Crippen molar-refractivity contribution in [2.75, 3.05) is 13.7 Å². The minimum atomic E-state index is -3.44. The first-order valence-electron chi connectivity index (χ1n) is 4.85. The lowest BCUT2D eigenvalue weighted by Gasteiger charge is -2.21. The molecule has 0 saturated heterocycles. The molecule has 1 atom stereocenters. The van der Waals surface area contributed by atoms with Crippen molar-refractivity contribution in [2.45, 2.75) is 12.0 Å². The third kappa shape index (κ3) is 2.98. The lowest BCUT2D eigenvalue weighted by molar-refractivity contribution is -0.0712. The van der Waals surface area contributed by atoms with E-state index in [0.29, 0.717) is 0 Å². The highest BCUT2D eigenvalue weighted by atomic mass is 19.3. The summed E-state index contributed by atoms with van der Waals surface area (Å²) in [5.41, 5.74) is 5.53. The van der Waals surface area contributed by atoms with Gasteiger partial charge in [-0.25, -0.2) is 13.6 Å². The molecule has 0 saturated carbocycles. The summed E-state index contributed by atoms with van der Waals surface area (Å²) in [5, 5.41) is 8.53. The van der Waals surface area contributed by atoms with Crippen molar-refractivity contribution < 1.29 is 23.4 Å². The normalized spacial score (nSPS) is 13.2. The monoisotopic (exact) mass is 245 g/mol. The molecule has 0 spiro atoms. The number of nitrogens with two attached hydrogens (primary N) is 1. The van der Waals surface area contributed by atoms with Gasteiger partial charge in [-0.1, -0.05) is 12.1 Å². The highest BCUT2D eigenvalue weighted by Crippen LogP contribution is 2.29. The minimum Gasteiger partial charge on any atom is -0.465 e. The van der Waals surface area contributed by atoms with Gasteiger partial charge in [0.05, 0.1) is 18.7 Å². The van der Waals surface area contributed by atoms with Gasteiger partial charge in [0.2, 0.25) is 0 Å². The second-order valence-electron chi connectivity index (χ2n) is 3.51. The smallest absolute Gasteiger partial charge is 0.337 e. The fraction of sp³-hybridized carbons (Fsp3) is 0.364. The van der Waals surface area contributed by atoms with Crippen LogP contribution in [0.1, 0.15) is 22.0 Å². The van der Waals surface area contributed by atoms with E-state index in [-0.39, 0.29) is 11.1 Å². The molecule has 0 aliphatic carbocycles. The topological polar surface area (TPSA) is 72.5 Å². The van der Waals surface area contributed by atoms with E-state index < -0.39 is 24.5 Å². The summed E-state index contributed by atoms with van der Waals surface area (Å²) < 4.78 is 30.8. The van der Waals surface area contributed by atoms with Crippen LogP contribution in [0.15, 0.2) is 24.3 Å². The van der Waals surface area contributed by atoms with Crippen molar-refractivity contribution in [3.8, 4) is 0 Å². The molecular weight excluding hydrogens is 232 g/mol. The largest absolute Gasteiger partial charge is 0.465 e. The number of benzene rings is 1. The molecule has 0 aliphatic rings.